The van der Waals surface area contributed by atoms with Gasteiger partial charge in [0.05, 0.1) is 0 Å². The number of nitrogens with zero attached hydrogens (tertiary/aromatic N) is 1. The minimum atomic E-state index is 0.916. The Hall–Kier alpha value is -2.54. The van der Waals surface area contributed by atoms with Crippen molar-refractivity contribution in [2.45, 2.75) is 39.8 Å². The summed E-state index contributed by atoms with van der Waals surface area (Å²) in [4.78, 5) is 2.41. The molecule has 1 nitrogen and oxygen atoms in total. The second-order valence-electron chi connectivity index (χ2n) is 6.16. The van der Waals surface area contributed by atoms with Gasteiger partial charge in [-0.2, -0.15) is 0 Å². The Morgan fingerprint density at radius 3 is 1.24 bits per heavy atom. The smallest absolute Gasteiger partial charge is 0.0433 e. The first-order valence-electron chi connectivity index (χ1n) is 9.21. The molecule has 0 atom stereocenters. The van der Waals surface area contributed by atoms with Gasteiger partial charge in [0.1, 0.15) is 0 Å². The van der Waals surface area contributed by atoms with Gasteiger partial charge in [-0.15, -0.1) is 0 Å². The van der Waals surface area contributed by atoms with Gasteiger partial charge in [-0.3, -0.25) is 0 Å². The van der Waals surface area contributed by atoms with Crippen LogP contribution < -0.4 is 4.90 Å². The van der Waals surface area contributed by atoms with Crippen LogP contribution in [0.1, 0.15) is 37.8 Å². The van der Waals surface area contributed by atoms with Gasteiger partial charge in [0, 0.05) is 18.8 Å². The van der Waals surface area contributed by atoms with E-state index in [2.05, 4.69) is 110 Å². The molecule has 3 aromatic rings. The van der Waals surface area contributed by atoms with Gasteiger partial charge in [-0.05, 0) is 23.3 Å². The number of hydrogen-bond donors (Lipinski definition) is 0. The molecule has 0 aliphatic carbocycles. The molecular formula is C24H29N. The molecule has 0 aromatic heterocycles. The first kappa shape index (κ1) is 18.8. The molecule has 0 spiro atoms. The summed E-state index contributed by atoms with van der Waals surface area (Å²) in [6.07, 6.45) is 2.64. The third kappa shape index (κ3) is 6.84. The van der Waals surface area contributed by atoms with Gasteiger partial charge >= 0.3 is 0 Å². The van der Waals surface area contributed by atoms with Crippen molar-refractivity contribution < 1.29 is 0 Å². The molecule has 25 heavy (non-hydrogen) atoms. The summed E-state index contributed by atoms with van der Waals surface area (Å²) in [5.41, 5.74) is 3.92. The van der Waals surface area contributed by atoms with Crippen LogP contribution in [0.15, 0.2) is 91.0 Å². The first-order chi connectivity index (χ1) is 12.3. The Morgan fingerprint density at radius 1 is 0.520 bits per heavy atom. The molecule has 0 aliphatic rings. The lowest BCUT2D eigenvalue weighted by atomic mass is 10.1. The second-order valence-corrected chi connectivity index (χ2v) is 6.16. The quantitative estimate of drug-likeness (QED) is 0.486. The minimum absolute atomic E-state index is 0.916. The Bertz CT molecular complexity index is 634. The molecule has 1 heteroatoms. The van der Waals surface area contributed by atoms with Gasteiger partial charge < -0.3 is 4.90 Å². The average Bonchev–Trinajstić information content (AvgIpc) is 2.70. The number of anilines is 1. The molecule has 3 aromatic carbocycles. The normalized spacial score (nSPS) is 9.84. The van der Waals surface area contributed by atoms with Crippen LogP contribution in [0.5, 0.6) is 0 Å². The molecule has 0 aliphatic heterocycles. The molecule has 0 amide bonds. The monoisotopic (exact) mass is 331 g/mol. The number of para-hydroxylation sites is 1. The van der Waals surface area contributed by atoms with Crippen LogP contribution in [0.3, 0.4) is 0 Å². The van der Waals surface area contributed by atoms with E-state index in [-0.39, 0.29) is 0 Å². The van der Waals surface area contributed by atoms with Gasteiger partial charge in [0.15, 0.2) is 0 Å². The van der Waals surface area contributed by atoms with E-state index in [9.17, 15) is 0 Å². The second kappa shape index (κ2) is 11.1. The summed E-state index contributed by atoms with van der Waals surface area (Å²) in [5, 5.41) is 0. The van der Waals surface area contributed by atoms with Gasteiger partial charge in [-0.25, -0.2) is 0 Å². The van der Waals surface area contributed by atoms with Crippen molar-refractivity contribution in [1.82, 2.24) is 0 Å². The maximum atomic E-state index is 2.41. The van der Waals surface area contributed by atoms with E-state index in [0.717, 1.165) is 13.1 Å². The molecule has 0 heterocycles. The van der Waals surface area contributed by atoms with E-state index in [1.807, 2.05) is 0 Å². The zero-order valence-electron chi connectivity index (χ0n) is 15.4. The number of unbranched alkanes of at least 4 members (excludes halogenated alkanes) is 1. The van der Waals surface area contributed by atoms with Crippen LogP contribution in [-0.4, -0.2) is 0 Å². The highest BCUT2D eigenvalue weighted by atomic mass is 15.1. The largest absolute Gasteiger partial charge is 0.363 e. The van der Waals surface area contributed by atoms with Gasteiger partial charge in [0.25, 0.3) is 0 Å². The van der Waals surface area contributed by atoms with E-state index < -0.39 is 0 Å². The average molecular weight is 332 g/mol. The van der Waals surface area contributed by atoms with E-state index >= 15 is 0 Å². The molecule has 0 N–H and O–H groups in total. The Morgan fingerprint density at radius 2 is 0.880 bits per heavy atom. The molecule has 0 fully saturated rings. The van der Waals surface area contributed by atoms with Crippen molar-refractivity contribution in [3.8, 4) is 0 Å². The van der Waals surface area contributed by atoms with Crippen molar-refractivity contribution in [2.24, 2.45) is 0 Å². The summed E-state index contributed by atoms with van der Waals surface area (Å²) in [6.45, 7) is 6.19. The molecule has 0 bridgehead atoms. The van der Waals surface area contributed by atoms with Crippen molar-refractivity contribution in [3.63, 3.8) is 0 Å². The van der Waals surface area contributed by atoms with Crippen LogP contribution in [0, 0.1) is 0 Å². The van der Waals surface area contributed by atoms with E-state index in [4.69, 9.17) is 0 Å². The molecule has 0 radical (unpaired) electrons. The predicted octanol–water partition coefficient (Wildman–Crippen LogP) is 6.70. The summed E-state index contributed by atoms with van der Waals surface area (Å²) in [5.74, 6) is 0. The summed E-state index contributed by atoms with van der Waals surface area (Å²) in [6, 6.07) is 31.8. The molecular weight excluding hydrogens is 302 g/mol. The highest BCUT2D eigenvalue weighted by molar-refractivity contribution is 5.47. The fourth-order valence-electron chi connectivity index (χ4n) is 2.48. The zero-order chi connectivity index (χ0) is 17.7. The number of rotatable bonds is 6. The van der Waals surface area contributed by atoms with Crippen LogP contribution in [0.25, 0.3) is 0 Å². The van der Waals surface area contributed by atoms with Crippen molar-refractivity contribution >= 4 is 5.69 Å². The van der Waals surface area contributed by atoms with E-state index in [1.165, 1.54) is 29.7 Å². The van der Waals surface area contributed by atoms with Crippen LogP contribution in [0.4, 0.5) is 5.69 Å². The molecule has 130 valence electrons. The van der Waals surface area contributed by atoms with Gasteiger partial charge in [-0.1, -0.05) is 106 Å². The maximum absolute atomic E-state index is 2.41. The molecule has 0 saturated heterocycles. The fraction of sp³-hybridized carbons (Fsp3) is 0.250. The Labute approximate surface area is 153 Å². The summed E-state index contributed by atoms with van der Waals surface area (Å²) >= 11 is 0. The van der Waals surface area contributed by atoms with Crippen molar-refractivity contribution in [3.05, 3.63) is 102 Å². The predicted molar refractivity (Wildman–Crippen MR) is 110 cm³/mol. The van der Waals surface area contributed by atoms with E-state index in [0.29, 0.717) is 0 Å². The standard InChI is InChI=1S/C20H19N.C4H10/c1-4-10-18(11-5-1)16-21(20-14-8-3-9-15-20)17-19-12-6-2-7-13-19;1-3-4-2/h1-15H,16-17H2;3-4H2,1-2H3. The van der Waals surface area contributed by atoms with Crippen LogP contribution in [0.2, 0.25) is 0 Å². The van der Waals surface area contributed by atoms with Crippen LogP contribution in [-0.2, 0) is 13.1 Å². The third-order valence-corrected chi connectivity index (χ3v) is 4.05. The third-order valence-electron chi connectivity index (χ3n) is 4.05. The summed E-state index contributed by atoms with van der Waals surface area (Å²) in [7, 11) is 0. The number of benzene rings is 3. The van der Waals surface area contributed by atoms with Crippen molar-refractivity contribution in [1.29, 1.82) is 0 Å². The van der Waals surface area contributed by atoms with Crippen LogP contribution >= 0.6 is 0 Å². The molecule has 0 unspecified atom stereocenters. The maximum Gasteiger partial charge on any atom is 0.0433 e. The highest BCUT2D eigenvalue weighted by Gasteiger charge is 2.07. The van der Waals surface area contributed by atoms with Gasteiger partial charge in [0.2, 0.25) is 0 Å². The van der Waals surface area contributed by atoms with Crippen molar-refractivity contribution in [2.75, 3.05) is 4.90 Å². The lowest BCUT2D eigenvalue weighted by Crippen LogP contribution is -2.21. The SMILES string of the molecule is CCCC.c1ccc(CN(Cc2ccccc2)c2ccccc2)cc1. The summed E-state index contributed by atoms with van der Waals surface area (Å²) < 4.78 is 0. The minimum Gasteiger partial charge on any atom is -0.363 e. The Kier molecular flexibility index (Phi) is 8.34. The first-order valence-corrected chi connectivity index (χ1v) is 9.21. The molecule has 0 saturated carbocycles. The molecule has 3 rings (SSSR count). The topological polar surface area (TPSA) is 3.24 Å². The number of hydrogen-bond acceptors (Lipinski definition) is 1. The Balaban J connectivity index is 0.000000511. The van der Waals surface area contributed by atoms with E-state index in [1.54, 1.807) is 0 Å². The zero-order valence-corrected chi connectivity index (χ0v) is 15.4. The lowest BCUT2D eigenvalue weighted by Gasteiger charge is -2.25. The fourth-order valence-corrected chi connectivity index (χ4v) is 2.48. The lowest BCUT2D eigenvalue weighted by molar-refractivity contribution is 0.800. The highest BCUT2D eigenvalue weighted by Crippen LogP contribution is 2.19.